The Morgan fingerprint density at radius 2 is 2.05 bits per heavy atom. The van der Waals surface area contributed by atoms with E-state index in [0.717, 1.165) is 37.2 Å². The van der Waals surface area contributed by atoms with E-state index in [1.54, 1.807) is 12.1 Å². The summed E-state index contributed by atoms with van der Waals surface area (Å²) >= 11 is 3.44. The minimum atomic E-state index is -0.339. The van der Waals surface area contributed by atoms with Crippen molar-refractivity contribution in [2.24, 2.45) is 0 Å². The van der Waals surface area contributed by atoms with E-state index in [1.807, 2.05) is 6.07 Å². The van der Waals surface area contributed by atoms with Crippen LogP contribution in [0.25, 0.3) is 0 Å². The van der Waals surface area contributed by atoms with Crippen molar-refractivity contribution >= 4 is 27.3 Å². The molecule has 1 fully saturated rings. The van der Waals surface area contributed by atoms with Crippen molar-refractivity contribution < 1.29 is 4.92 Å². The lowest BCUT2D eigenvalue weighted by atomic mass is 10.0. The van der Waals surface area contributed by atoms with Crippen molar-refractivity contribution in [2.45, 2.75) is 24.2 Å². The first-order valence-corrected chi connectivity index (χ1v) is 7.89. The molecule has 2 rings (SSSR count). The van der Waals surface area contributed by atoms with Gasteiger partial charge in [0, 0.05) is 42.3 Å². The highest BCUT2D eigenvalue weighted by atomic mass is 79.9. The largest absolute Gasteiger partial charge is 0.371 e. The van der Waals surface area contributed by atoms with E-state index in [-0.39, 0.29) is 10.6 Å². The van der Waals surface area contributed by atoms with Crippen LogP contribution in [0.4, 0.5) is 11.4 Å². The van der Waals surface area contributed by atoms with Crippen LogP contribution in [0.1, 0.15) is 18.4 Å². The van der Waals surface area contributed by atoms with Crippen LogP contribution >= 0.6 is 15.9 Å². The molecule has 0 saturated carbocycles. The maximum atomic E-state index is 10.8. The monoisotopic (exact) mass is 341 g/mol. The molecule has 0 aromatic heterocycles. The number of hydrogen-bond acceptors (Lipinski definition) is 4. The Morgan fingerprint density at radius 3 is 2.55 bits per heavy atom. The first kappa shape index (κ1) is 15.3. The first-order valence-electron chi connectivity index (χ1n) is 6.77. The van der Waals surface area contributed by atoms with Gasteiger partial charge in [-0.05, 0) is 38.6 Å². The molecule has 0 spiro atoms. The number of nitrogens with zero attached hydrogens (tertiary/aromatic N) is 3. The molecule has 0 atom stereocenters. The van der Waals surface area contributed by atoms with Gasteiger partial charge in [-0.3, -0.25) is 10.1 Å². The summed E-state index contributed by atoms with van der Waals surface area (Å²) in [6.45, 7) is 2.00. The highest BCUT2D eigenvalue weighted by Gasteiger charge is 2.22. The zero-order valence-electron chi connectivity index (χ0n) is 11.9. The van der Waals surface area contributed by atoms with E-state index in [4.69, 9.17) is 0 Å². The molecule has 1 aliphatic heterocycles. The quantitative estimate of drug-likeness (QED) is 0.479. The minimum absolute atomic E-state index is 0.159. The van der Waals surface area contributed by atoms with Crippen molar-refractivity contribution in [3.63, 3.8) is 0 Å². The molecule has 110 valence electrons. The fourth-order valence-corrected chi connectivity index (χ4v) is 3.17. The maximum absolute atomic E-state index is 10.8. The average molecular weight is 342 g/mol. The van der Waals surface area contributed by atoms with E-state index < -0.39 is 0 Å². The van der Waals surface area contributed by atoms with Crippen LogP contribution in [0, 0.1) is 10.1 Å². The van der Waals surface area contributed by atoms with Gasteiger partial charge in [0.15, 0.2) is 0 Å². The predicted molar refractivity (Wildman–Crippen MR) is 84.6 cm³/mol. The number of alkyl halides is 1. The highest BCUT2D eigenvalue weighted by molar-refractivity contribution is 9.08. The van der Waals surface area contributed by atoms with Crippen molar-refractivity contribution in [2.75, 3.05) is 32.1 Å². The molecule has 0 bridgehead atoms. The molecule has 1 aromatic rings. The van der Waals surface area contributed by atoms with Crippen LogP contribution in [0.5, 0.6) is 0 Å². The lowest BCUT2D eigenvalue weighted by Gasteiger charge is -2.37. The Balaban J connectivity index is 2.15. The lowest BCUT2D eigenvalue weighted by molar-refractivity contribution is -0.384. The summed E-state index contributed by atoms with van der Waals surface area (Å²) in [4.78, 5) is 15.1. The average Bonchev–Trinajstić information content (AvgIpc) is 2.46. The molecule has 1 heterocycles. The number of benzene rings is 1. The third kappa shape index (κ3) is 3.30. The van der Waals surface area contributed by atoms with Crippen molar-refractivity contribution in [3.05, 3.63) is 33.9 Å². The Kier molecular flexibility index (Phi) is 4.99. The number of hydrogen-bond donors (Lipinski definition) is 0. The van der Waals surface area contributed by atoms with Gasteiger partial charge in [0.05, 0.1) is 4.92 Å². The fourth-order valence-electron chi connectivity index (χ4n) is 2.72. The number of anilines is 1. The van der Waals surface area contributed by atoms with E-state index in [0.29, 0.717) is 11.4 Å². The summed E-state index contributed by atoms with van der Waals surface area (Å²) < 4.78 is 0. The summed E-state index contributed by atoms with van der Waals surface area (Å²) in [5.41, 5.74) is 2.26. The van der Waals surface area contributed by atoms with Crippen molar-refractivity contribution in [1.29, 1.82) is 0 Å². The summed E-state index contributed by atoms with van der Waals surface area (Å²) in [5, 5.41) is 11.5. The summed E-state index contributed by atoms with van der Waals surface area (Å²) in [6, 6.07) is 5.78. The Morgan fingerprint density at radius 1 is 1.40 bits per heavy atom. The smallest absolute Gasteiger partial charge is 0.269 e. The van der Waals surface area contributed by atoms with Crippen LogP contribution in [0.15, 0.2) is 18.2 Å². The van der Waals surface area contributed by atoms with Crippen LogP contribution in [0.2, 0.25) is 0 Å². The van der Waals surface area contributed by atoms with Gasteiger partial charge in [0.25, 0.3) is 5.69 Å². The molecule has 0 N–H and O–H groups in total. The molecule has 1 aliphatic rings. The van der Waals surface area contributed by atoms with Gasteiger partial charge >= 0.3 is 0 Å². The molecular weight excluding hydrogens is 322 g/mol. The Bertz CT molecular complexity index is 485. The number of piperidine rings is 1. The maximum Gasteiger partial charge on any atom is 0.269 e. The second-order valence-electron chi connectivity index (χ2n) is 5.39. The molecular formula is C14H20BrN3O2. The second-order valence-corrected chi connectivity index (χ2v) is 5.95. The first-order chi connectivity index (χ1) is 9.52. The third-order valence-electron chi connectivity index (χ3n) is 3.95. The standard InChI is InChI=1S/C14H20BrN3O2/c1-16(2)12-5-7-17(8-6-12)14-4-3-13(18(19)20)9-11(14)10-15/h3-4,9,12H,5-8,10H2,1-2H3. The topological polar surface area (TPSA) is 49.6 Å². The number of halogens is 1. The van der Waals surface area contributed by atoms with Gasteiger partial charge in [-0.2, -0.15) is 0 Å². The van der Waals surface area contributed by atoms with Gasteiger partial charge in [0.1, 0.15) is 0 Å². The molecule has 20 heavy (non-hydrogen) atoms. The molecule has 6 heteroatoms. The molecule has 0 amide bonds. The van der Waals surface area contributed by atoms with Crippen LogP contribution < -0.4 is 4.90 Å². The van der Waals surface area contributed by atoms with Gasteiger partial charge < -0.3 is 9.80 Å². The summed E-state index contributed by atoms with van der Waals surface area (Å²) in [7, 11) is 4.24. The zero-order chi connectivity index (χ0) is 14.7. The molecule has 5 nitrogen and oxygen atoms in total. The number of nitro groups is 1. The zero-order valence-corrected chi connectivity index (χ0v) is 13.5. The Hall–Kier alpha value is -1.14. The van der Waals surface area contributed by atoms with E-state index in [1.165, 1.54) is 0 Å². The molecule has 0 aliphatic carbocycles. The summed E-state index contributed by atoms with van der Waals surface area (Å²) in [6.07, 6.45) is 2.26. The molecule has 0 radical (unpaired) electrons. The van der Waals surface area contributed by atoms with E-state index >= 15 is 0 Å². The van der Waals surface area contributed by atoms with Crippen molar-refractivity contribution in [3.8, 4) is 0 Å². The SMILES string of the molecule is CN(C)C1CCN(c2ccc([N+](=O)[O-])cc2CBr)CC1. The van der Waals surface area contributed by atoms with Crippen LogP contribution in [-0.2, 0) is 5.33 Å². The van der Waals surface area contributed by atoms with E-state index in [9.17, 15) is 10.1 Å². The Labute approximate surface area is 127 Å². The highest BCUT2D eigenvalue weighted by Crippen LogP contribution is 2.30. The van der Waals surface area contributed by atoms with E-state index in [2.05, 4.69) is 39.8 Å². The minimum Gasteiger partial charge on any atom is -0.371 e. The fraction of sp³-hybridized carbons (Fsp3) is 0.571. The van der Waals surface area contributed by atoms with Crippen molar-refractivity contribution in [1.82, 2.24) is 4.90 Å². The lowest BCUT2D eigenvalue weighted by Crippen LogP contribution is -2.42. The van der Waals surface area contributed by atoms with Gasteiger partial charge in [-0.15, -0.1) is 0 Å². The number of rotatable bonds is 4. The molecule has 0 unspecified atom stereocenters. The summed E-state index contributed by atoms with van der Waals surface area (Å²) in [5.74, 6) is 0. The van der Waals surface area contributed by atoms with Gasteiger partial charge in [0.2, 0.25) is 0 Å². The molecule has 1 aromatic carbocycles. The molecule has 1 saturated heterocycles. The predicted octanol–water partition coefficient (Wildman–Crippen LogP) is 3.02. The van der Waals surface area contributed by atoms with Gasteiger partial charge in [-0.1, -0.05) is 15.9 Å². The normalized spacial score (nSPS) is 16.7. The second kappa shape index (κ2) is 6.54. The van der Waals surface area contributed by atoms with Gasteiger partial charge in [-0.25, -0.2) is 0 Å². The van der Waals surface area contributed by atoms with Crippen LogP contribution in [0.3, 0.4) is 0 Å². The number of nitro benzene ring substituents is 1. The number of non-ortho nitro benzene ring substituents is 1. The van der Waals surface area contributed by atoms with Crippen LogP contribution in [-0.4, -0.2) is 43.0 Å². The third-order valence-corrected chi connectivity index (χ3v) is 4.56.